The molecule has 1 unspecified atom stereocenters. The third kappa shape index (κ3) is 4.70. The van der Waals surface area contributed by atoms with Gasteiger partial charge in [0.2, 0.25) is 0 Å². The van der Waals surface area contributed by atoms with Gasteiger partial charge in [0.25, 0.3) is 10.2 Å². The van der Waals surface area contributed by atoms with Crippen LogP contribution in [0, 0.1) is 17.6 Å². The Morgan fingerprint density at radius 3 is 2.62 bits per heavy atom. The number of carbonyl (C=O) groups excluding carboxylic acids is 1. The SMILES string of the molecule is COC(=O)C1=C(C2CCN(S(N)(=O)=O)CC2)NC(c2nccs2)=NC1c1ccc(F)c(F)c1Cl. The predicted octanol–water partition coefficient (Wildman–Crippen LogP) is 2.51. The number of allylic oxidation sites excluding steroid dienone is 1. The molecule has 2 aliphatic heterocycles. The van der Waals surface area contributed by atoms with Gasteiger partial charge in [-0.2, -0.15) is 12.7 Å². The van der Waals surface area contributed by atoms with Crippen LogP contribution in [0.1, 0.15) is 29.5 Å². The fourth-order valence-electron chi connectivity index (χ4n) is 4.05. The topological polar surface area (TPSA) is 127 Å². The van der Waals surface area contributed by atoms with Gasteiger partial charge >= 0.3 is 5.97 Å². The fraction of sp³-hybridized carbons (Fsp3) is 0.350. The summed E-state index contributed by atoms with van der Waals surface area (Å²) in [6.07, 6.45) is 2.28. The highest BCUT2D eigenvalue weighted by molar-refractivity contribution is 7.86. The van der Waals surface area contributed by atoms with E-state index in [1.165, 1.54) is 24.5 Å². The Labute approximate surface area is 203 Å². The van der Waals surface area contributed by atoms with E-state index < -0.39 is 38.9 Å². The number of nitrogens with one attached hydrogen (secondary N) is 1. The average Bonchev–Trinajstić information content (AvgIpc) is 3.36. The van der Waals surface area contributed by atoms with Crippen molar-refractivity contribution in [2.75, 3.05) is 20.2 Å². The minimum Gasteiger partial charge on any atom is -0.466 e. The Morgan fingerprint density at radius 1 is 1.32 bits per heavy atom. The van der Waals surface area contributed by atoms with E-state index in [-0.39, 0.29) is 30.1 Å². The number of esters is 1. The van der Waals surface area contributed by atoms with Crippen LogP contribution in [0.4, 0.5) is 8.78 Å². The lowest BCUT2D eigenvalue weighted by molar-refractivity contribution is -0.136. The van der Waals surface area contributed by atoms with E-state index in [1.54, 1.807) is 11.6 Å². The number of piperidine rings is 1. The second-order valence-electron chi connectivity index (χ2n) is 7.64. The van der Waals surface area contributed by atoms with E-state index in [0.29, 0.717) is 29.4 Å². The minimum absolute atomic E-state index is 0.0739. The molecule has 3 heterocycles. The molecule has 1 aromatic carbocycles. The molecule has 1 fully saturated rings. The summed E-state index contributed by atoms with van der Waals surface area (Å²) in [6.45, 7) is 0.285. The van der Waals surface area contributed by atoms with Gasteiger partial charge in [0.05, 0.1) is 17.7 Å². The zero-order chi connectivity index (χ0) is 24.6. The van der Waals surface area contributed by atoms with Gasteiger partial charge in [0, 0.05) is 41.8 Å². The largest absolute Gasteiger partial charge is 0.466 e. The van der Waals surface area contributed by atoms with Crippen LogP contribution in [0.3, 0.4) is 0 Å². The Bertz CT molecular complexity index is 1280. The maximum atomic E-state index is 14.3. The number of methoxy groups -OCH3 is 1. The molecule has 182 valence electrons. The molecule has 0 bridgehead atoms. The first kappa shape index (κ1) is 24.7. The molecule has 2 aromatic rings. The summed E-state index contributed by atoms with van der Waals surface area (Å²) in [5.41, 5.74) is 0.590. The first-order valence-corrected chi connectivity index (χ1v) is 12.9. The molecule has 3 N–H and O–H groups in total. The fourth-order valence-corrected chi connectivity index (χ4v) is 5.61. The second kappa shape index (κ2) is 9.66. The molecule has 0 spiro atoms. The summed E-state index contributed by atoms with van der Waals surface area (Å²) >= 11 is 7.43. The van der Waals surface area contributed by atoms with E-state index in [2.05, 4.69) is 15.3 Å². The van der Waals surface area contributed by atoms with Gasteiger partial charge in [-0.25, -0.2) is 23.7 Å². The number of aromatic nitrogens is 1. The summed E-state index contributed by atoms with van der Waals surface area (Å²) < 4.78 is 57.7. The van der Waals surface area contributed by atoms with Crippen LogP contribution in [0.25, 0.3) is 0 Å². The van der Waals surface area contributed by atoms with Crippen LogP contribution in [-0.4, -0.2) is 49.7 Å². The lowest BCUT2D eigenvalue weighted by Gasteiger charge is -2.35. The Kier molecular flexibility index (Phi) is 7.01. The van der Waals surface area contributed by atoms with Gasteiger partial charge in [0.1, 0.15) is 6.04 Å². The Morgan fingerprint density at radius 2 is 2.03 bits per heavy atom. The van der Waals surface area contributed by atoms with Gasteiger partial charge in [0.15, 0.2) is 22.5 Å². The van der Waals surface area contributed by atoms with Crippen molar-refractivity contribution >= 4 is 45.0 Å². The molecule has 0 aliphatic carbocycles. The number of ether oxygens (including phenoxy) is 1. The highest BCUT2D eigenvalue weighted by Gasteiger charge is 2.38. The van der Waals surface area contributed by atoms with Gasteiger partial charge < -0.3 is 10.1 Å². The van der Waals surface area contributed by atoms with Crippen LogP contribution >= 0.6 is 22.9 Å². The van der Waals surface area contributed by atoms with Crippen molar-refractivity contribution in [2.24, 2.45) is 16.0 Å². The molecule has 9 nitrogen and oxygen atoms in total. The second-order valence-corrected chi connectivity index (χ2v) is 10.5. The number of carbonyl (C=O) groups is 1. The summed E-state index contributed by atoms with van der Waals surface area (Å²) in [5.74, 6) is -3.10. The quantitative estimate of drug-likeness (QED) is 0.451. The molecule has 0 radical (unpaired) electrons. The first-order valence-electron chi connectivity index (χ1n) is 10.1. The van der Waals surface area contributed by atoms with Crippen molar-refractivity contribution in [1.29, 1.82) is 0 Å². The Hall–Kier alpha value is -2.45. The summed E-state index contributed by atoms with van der Waals surface area (Å²) in [7, 11) is -2.66. The van der Waals surface area contributed by atoms with Gasteiger partial charge in [-0.3, -0.25) is 4.99 Å². The van der Waals surface area contributed by atoms with Crippen LogP contribution in [0.15, 0.2) is 40.0 Å². The molecule has 1 aromatic heterocycles. The molecule has 34 heavy (non-hydrogen) atoms. The minimum atomic E-state index is -3.85. The molecule has 1 saturated heterocycles. The first-order chi connectivity index (χ1) is 16.1. The number of hydrogen-bond acceptors (Lipinski definition) is 8. The number of aliphatic imine (C=N–C) groups is 1. The van der Waals surface area contributed by atoms with E-state index in [4.69, 9.17) is 21.5 Å². The standard InChI is InChI=1S/C20H20ClF2N5O4S2/c1-32-20(29)13-16(10-4-7-28(8-5-10)34(24,30)31)26-18(19-25-6-9-33-19)27-17(13)11-2-3-12(22)15(23)14(11)21/h2-3,6,9-10,17H,4-5,7-8H2,1H3,(H,26,27)(H2,24,30,31). The molecular formula is C20H20ClF2N5O4S2. The lowest BCUT2D eigenvalue weighted by atomic mass is 9.86. The van der Waals surface area contributed by atoms with E-state index in [1.807, 2.05) is 0 Å². The maximum Gasteiger partial charge on any atom is 0.338 e. The lowest BCUT2D eigenvalue weighted by Crippen LogP contribution is -2.45. The molecule has 2 aliphatic rings. The third-order valence-corrected chi connectivity index (χ3v) is 7.95. The van der Waals surface area contributed by atoms with Crippen molar-refractivity contribution in [3.63, 3.8) is 0 Å². The number of thiazole rings is 1. The van der Waals surface area contributed by atoms with Crippen molar-refractivity contribution in [3.05, 3.63) is 62.2 Å². The monoisotopic (exact) mass is 531 g/mol. The molecule has 0 amide bonds. The third-order valence-electron chi connectivity index (χ3n) is 5.70. The van der Waals surface area contributed by atoms with Crippen molar-refractivity contribution in [3.8, 4) is 0 Å². The highest BCUT2D eigenvalue weighted by Crippen LogP contribution is 2.40. The number of halogens is 3. The Balaban J connectivity index is 1.84. The van der Waals surface area contributed by atoms with Crippen LogP contribution in [0.5, 0.6) is 0 Å². The molecule has 14 heteroatoms. The van der Waals surface area contributed by atoms with E-state index in [0.717, 1.165) is 10.4 Å². The van der Waals surface area contributed by atoms with Crippen LogP contribution < -0.4 is 10.5 Å². The van der Waals surface area contributed by atoms with Gasteiger partial charge in [-0.1, -0.05) is 17.7 Å². The molecule has 4 rings (SSSR count). The number of hydrogen-bond donors (Lipinski definition) is 2. The van der Waals surface area contributed by atoms with Gasteiger partial charge in [-0.15, -0.1) is 11.3 Å². The molecule has 0 saturated carbocycles. The van der Waals surface area contributed by atoms with Crippen molar-refractivity contribution in [2.45, 2.75) is 18.9 Å². The number of nitrogens with zero attached hydrogens (tertiary/aromatic N) is 3. The number of amidine groups is 1. The normalized spacial score (nSPS) is 20.1. The maximum absolute atomic E-state index is 14.3. The smallest absolute Gasteiger partial charge is 0.338 e. The van der Waals surface area contributed by atoms with E-state index in [9.17, 15) is 22.0 Å². The van der Waals surface area contributed by atoms with E-state index >= 15 is 0 Å². The predicted molar refractivity (Wildman–Crippen MR) is 122 cm³/mol. The number of rotatable bonds is 5. The van der Waals surface area contributed by atoms with Crippen LogP contribution in [-0.2, 0) is 19.7 Å². The highest BCUT2D eigenvalue weighted by atomic mass is 35.5. The molecular weight excluding hydrogens is 512 g/mol. The van der Waals surface area contributed by atoms with Crippen molar-refractivity contribution in [1.82, 2.24) is 14.6 Å². The zero-order valence-electron chi connectivity index (χ0n) is 17.8. The summed E-state index contributed by atoms with van der Waals surface area (Å²) in [4.78, 5) is 21.8. The number of benzene rings is 1. The van der Waals surface area contributed by atoms with Crippen molar-refractivity contribution < 1.29 is 26.7 Å². The number of nitrogens with two attached hydrogens (primary N) is 1. The average molecular weight is 532 g/mol. The summed E-state index contributed by atoms with van der Waals surface area (Å²) in [5, 5.41) is 10.1. The van der Waals surface area contributed by atoms with Crippen LogP contribution in [0.2, 0.25) is 5.02 Å². The molecule has 1 atom stereocenters. The van der Waals surface area contributed by atoms with Gasteiger partial charge in [-0.05, 0) is 18.9 Å². The zero-order valence-corrected chi connectivity index (χ0v) is 20.2. The summed E-state index contributed by atoms with van der Waals surface area (Å²) in [6, 6.07) is 1.07.